The Balaban J connectivity index is 1.78. The van der Waals surface area contributed by atoms with Crippen LogP contribution in [0.2, 0.25) is 0 Å². The molecule has 0 aliphatic carbocycles. The van der Waals surface area contributed by atoms with E-state index in [0.29, 0.717) is 11.1 Å². The number of hydrogen-bond donors (Lipinski definition) is 2. The molecular weight excluding hydrogens is 318 g/mol. The van der Waals surface area contributed by atoms with Crippen LogP contribution in [-0.2, 0) is 12.8 Å². The van der Waals surface area contributed by atoms with Crippen molar-refractivity contribution in [2.45, 2.75) is 25.7 Å². The summed E-state index contributed by atoms with van der Waals surface area (Å²) in [6, 6.07) is 7.65. The highest BCUT2D eigenvalue weighted by Gasteiger charge is 2.29. The van der Waals surface area contributed by atoms with E-state index in [1.165, 1.54) is 24.3 Å². The first-order valence-corrected chi connectivity index (χ1v) is 8.57. The van der Waals surface area contributed by atoms with E-state index in [1.807, 2.05) is 6.07 Å². The smallest absolute Gasteiger partial charge is 0.335 e. The molecule has 5 nitrogen and oxygen atoms in total. The molecule has 25 heavy (non-hydrogen) atoms. The molecule has 2 aliphatic rings. The molecule has 0 saturated carbocycles. The summed E-state index contributed by atoms with van der Waals surface area (Å²) in [5, 5.41) is 19.7. The standard InChI is InChI=1S/C20H19NO4/c22-18(12-5-7-13(8-6-12)20(24)25)16-11-14-3-1-9-21-10-2-4-15(17(14)21)19(16)23/h5-8,11,23H,1-4,9-10H2,(H,24,25). The first-order chi connectivity index (χ1) is 12.1. The van der Waals surface area contributed by atoms with Crippen molar-refractivity contribution in [1.29, 1.82) is 0 Å². The molecule has 4 rings (SSSR count). The maximum Gasteiger partial charge on any atom is 0.335 e. The second-order valence-electron chi connectivity index (χ2n) is 6.66. The highest BCUT2D eigenvalue weighted by atomic mass is 16.4. The summed E-state index contributed by atoms with van der Waals surface area (Å²) in [6.07, 6.45) is 3.73. The van der Waals surface area contributed by atoms with Gasteiger partial charge in [-0.25, -0.2) is 4.79 Å². The maximum absolute atomic E-state index is 12.9. The number of carbonyl (C=O) groups excluding carboxylic acids is 1. The van der Waals surface area contributed by atoms with Crippen LogP contribution >= 0.6 is 0 Å². The van der Waals surface area contributed by atoms with Crippen molar-refractivity contribution in [1.82, 2.24) is 0 Å². The van der Waals surface area contributed by atoms with Crippen LogP contribution in [-0.4, -0.2) is 35.1 Å². The van der Waals surface area contributed by atoms with E-state index >= 15 is 0 Å². The molecule has 2 aromatic rings. The van der Waals surface area contributed by atoms with Gasteiger partial charge in [0.1, 0.15) is 5.75 Å². The number of nitrogens with zero attached hydrogens (tertiary/aromatic N) is 1. The van der Waals surface area contributed by atoms with Gasteiger partial charge in [0.05, 0.1) is 11.1 Å². The Morgan fingerprint density at radius 1 is 0.960 bits per heavy atom. The molecule has 128 valence electrons. The molecule has 5 heteroatoms. The zero-order chi connectivity index (χ0) is 17.6. The van der Waals surface area contributed by atoms with Crippen LogP contribution < -0.4 is 4.90 Å². The van der Waals surface area contributed by atoms with Gasteiger partial charge in [0.25, 0.3) is 0 Å². The number of anilines is 1. The van der Waals surface area contributed by atoms with E-state index in [0.717, 1.165) is 55.6 Å². The molecule has 2 heterocycles. The van der Waals surface area contributed by atoms with Gasteiger partial charge in [-0.1, -0.05) is 12.1 Å². The van der Waals surface area contributed by atoms with Crippen molar-refractivity contribution < 1.29 is 19.8 Å². The van der Waals surface area contributed by atoms with Crippen molar-refractivity contribution in [2.24, 2.45) is 0 Å². The molecule has 2 aliphatic heterocycles. The van der Waals surface area contributed by atoms with Gasteiger partial charge in [-0.15, -0.1) is 0 Å². The van der Waals surface area contributed by atoms with Crippen LogP contribution in [0, 0.1) is 0 Å². The zero-order valence-electron chi connectivity index (χ0n) is 13.8. The van der Waals surface area contributed by atoms with Crippen molar-refractivity contribution in [3.8, 4) is 5.75 Å². The third-order valence-corrected chi connectivity index (χ3v) is 5.13. The van der Waals surface area contributed by atoms with Gasteiger partial charge in [0, 0.05) is 29.9 Å². The highest BCUT2D eigenvalue weighted by molar-refractivity contribution is 6.11. The summed E-state index contributed by atoms with van der Waals surface area (Å²) < 4.78 is 0. The number of benzene rings is 2. The van der Waals surface area contributed by atoms with Crippen LogP contribution in [0.25, 0.3) is 0 Å². The third kappa shape index (κ3) is 2.56. The maximum atomic E-state index is 12.9. The van der Waals surface area contributed by atoms with Gasteiger partial charge in [-0.05, 0) is 49.4 Å². The SMILES string of the molecule is O=C(O)c1ccc(C(=O)c2cc3c4c(c2O)CCCN4CCC3)cc1. The number of aromatic hydroxyl groups is 1. The van der Waals surface area contributed by atoms with Gasteiger partial charge in [0.15, 0.2) is 5.78 Å². The number of hydrogen-bond acceptors (Lipinski definition) is 4. The molecule has 0 amide bonds. The predicted octanol–water partition coefficient (Wildman–Crippen LogP) is 3.02. The second-order valence-corrected chi connectivity index (χ2v) is 6.66. The zero-order valence-corrected chi connectivity index (χ0v) is 13.8. The fourth-order valence-electron chi connectivity index (χ4n) is 3.94. The molecule has 0 unspecified atom stereocenters. The lowest BCUT2D eigenvalue weighted by molar-refractivity contribution is 0.0696. The number of phenols is 1. The van der Waals surface area contributed by atoms with Crippen LogP contribution in [0.1, 0.15) is 50.2 Å². The number of aryl methyl sites for hydroxylation is 1. The van der Waals surface area contributed by atoms with Gasteiger partial charge in [-0.2, -0.15) is 0 Å². The summed E-state index contributed by atoms with van der Waals surface area (Å²) in [6.45, 7) is 2.01. The van der Waals surface area contributed by atoms with Crippen molar-refractivity contribution in [2.75, 3.05) is 18.0 Å². The second kappa shape index (κ2) is 5.92. The minimum Gasteiger partial charge on any atom is -0.507 e. The largest absolute Gasteiger partial charge is 0.507 e. The van der Waals surface area contributed by atoms with Gasteiger partial charge in [0.2, 0.25) is 0 Å². The Morgan fingerprint density at radius 2 is 1.60 bits per heavy atom. The number of carbonyl (C=O) groups is 2. The monoisotopic (exact) mass is 337 g/mol. The normalized spacial score (nSPS) is 15.6. The van der Waals surface area contributed by atoms with E-state index < -0.39 is 5.97 Å². The Kier molecular flexibility index (Phi) is 3.71. The van der Waals surface area contributed by atoms with Crippen LogP contribution in [0.4, 0.5) is 5.69 Å². The van der Waals surface area contributed by atoms with Crippen LogP contribution in [0.15, 0.2) is 30.3 Å². The van der Waals surface area contributed by atoms with Crippen molar-refractivity contribution >= 4 is 17.4 Å². The van der Waals surface area contributed by atoms with E-state index in [4.69, 9.17) is 5.11 Å². The van der Waals surface area contributed by atoms with E-state index in [9.17, 15) is 14.7 Å². The third-order valence-electron chi connectivity index (χ3n) is 5.13. The highest BCUT2D eigenvalue weighted by Crippen LogP contribution is 2.42. The average Bonchev–Trinajstić information content (AvgIpc) is 2.64. The van der Waals surface area contributed by atoms with E-state index in [1.54, 1.807) is 0 Å². The lowest BCUT2D eigenvalue weighted by Crippen LogP contribution is -2.34. The Hall–Kier alpha value is -2.82. The van der Waals surface area contributed by atoms with Crippen molar-refractivity contribution in [3.63, 3.8) is 0 Å². The molecule has 2 aromatic carbocycles. The fraction of sp³-hybridized carbons (Fsp3) is 0.300. The quantitative estimate of drug-likeness (QED) is 0.842. The molecule has 2 N–H and O–H groups in total. The number of aromatic carboxylic acids is 1. The summed E-state index contributed by atoms with van der Waals surface area (Å²) >= 11 is 0. The lowest BCUT2D eigenvalue weighted by Gasteiger charge is -2.37. The van der Waals surface area contributed by atoms with Crippen LogP contribution in [0.3, 0.4) is 0 Å². The minimum atomic E-state index is -1.03. The fourth-order valence-corrected chi connectivity index (χ4v) is 3.94. The number of phenolic OH excluding ortho intramolecular Hbond substituents is 1. The first-order valence-electron chi connectivity index (χ1n) is 8.57. The van der Waals surface area contributed by atoms with Crippen LogP contribution in [0.5, 0.6) is 5.75 Å². The molecule has 0 spiro atoms. The van der Waals surface area contributed by atoms with Crippen molar-refractivity contribution in [3.05, 3.63) is 58.1 Å². The molecular formula is C20H19NO4. The summed E-state index contributed by atoms with van der Waals surface area (Å²) in [5.41, 5.74) is 3.97. The number of carboxylic acid groups (broad SMARTS) is 1. The topological polar surface area (TPSA) is 77.8 Å². The van der Waals surface area contributed by atoms with Gasteiger partial charge in [-0.3, -0.25) is 4.79 Å². The molecule has 0 radical (unpaired) electrons. The molecule has 0 fully saturated rings. The average molecular weight is 337 g/mol. The minimum absolute atomic E-state index is 0.0812. The van der Waals surface area contributed by atoms with E-state index in [-0.39, 0.29) is 17.1 Å². The first kappa shape index (κ1) is 15.7. The van der Waals surface area contributed by atoms with Gasteiger partial charge < -0.3 is 15.1 Å². The summed E-state index contributed by atoms with van der Waals surface area (Å²) in [4.78, 5) is 26.2. The Bertz CT molecular complexity index is 868. The molecule has 0 saturated heterocycles. The molecule has 0 aromatic heterocycles. The number of ketones is 1. The molecule has 0 bridgehead atoms. The molecule has 0 atom stereocenters. The summed E-state index contributed by atoms with van der Waals surface area (Å²) in [5.74, 6) is -1.21. The number of carboxylic acids is 1. The van der Waals surface area contributed by atoms with E-state index in [2.05, 4.69) is 4.90 Å². The lowest BCUT2D eigenvalue weighted by atomic mass is 9.87. The van der Waals surface area contributed by atoms with Gasteiger partial charge >= 0.3 is 5.97 Å². The predicted molar refractivity (Wildman–Crippen MR) is 93.8 cm³/mol. The summed E-state index contributed by atoms with van der Waals surface area (Å²) in [7, 11) is 0. The Morgan fingerprint density at radius 3 is 2.28 bits per heavy atom. The Labute approximate surface area is 145 Å². The number of rotatable bonds is 3.